The normalized spacial score (nSPS) is 10.8. The van der Waals surface area contributed by atoms with Gasteiger partial charge in [-0.15, -0.1) is 5.10 Å². The topological polar surface area (TPSA) is 81.9 Å². The van der Waals surface area contributed by atoms with Crippen LogP contribution in [0.1, 0.15) is 35.6 Å². The minimum absolute atomic E-state index is 0.0929. The summed E-state index contributed by atoms with van der Waals surface area (Å²) in [5.41, 5.74) is 2.55. The molecule has 0 spiro atoms. The highest BCUT2D eigenvalue weighted by molar-refractivity contribution is 5.94. The van der Waals surface area contributed by atoms with Crippen molar-refractivity contribution in [3.05, 3.63) is 65.5 Å². The molecule has 0 atom stereocenters. The molecule has 7 nitrogen and oxygen atoms in total. The molecule has 0 bridgehead atoms. The highest BCUT2D eigenvalue weighted by Crippen LogP contribution is 2.14. The van der Waals surface area contributed by atoms with Crippen LogP contribution in [-0.4, -0.2) is 32.2 Å². The number of benzene rings is 2. The molecular weight excluding hydrogens is 330 g/mol. The largest absolute Gasteiger partial charge is 0.491 e. The lowest BCUT2D eigenvalue weighted by atomic mass is 10.2. The van der Waals surface area contributed by atoms with Crippen molar-refractivity contribution in [3.8, 4) is 11.4 Å². The van der Waals surface area contributed by atoms with E-state index in [0.717, 1.165) is 17.0 Å². The third-order valence-electron chi connectivity index (χ3n) is 3.71. The second-order valence-corrected chi connectivity index (χ2v) is 6.22. The molecule has 0 saturated heterocycles. The molecular formula is C19H21N5O2. The van der Waals surface area contributed by atoms with Crippen LogP contribution in [0.3, 0.4) is 0 Å². The lowest BCUT2D eigenvalue weighted by Gasteiger charge is -2.10. The van der Waals surface area contributed by atoms with Crippen molar-refractivity contribution in [3.63, 3.8) is 0 Å². The summed E-state index contributed by atoms with van der Waals surface area (Å²) >= 11 is 0. The van der Waals surface area contributed by atoms with Crippen molar-refractivity contribution in [2.45, 2.75) is 33.4 Å². The number of amides is 1. The Morgan fingerprint density at radius 1 is 1.12 bits per heavy atom. The number of nitrogens with one attached hydrogen (secondary N) is 1. The van der Waals surface area contributed by atoms with E-state index in [9.17, 15) is 4.79 Å². The van der Waals surface area contributed by atoms with Gasteiger partial charge in [0.2, 0.25) is 0 Å². The Bertz CT molecular complexity index is 870. The average Bonchev–Trinajstić information content (AvgIpc) is 3.09. The van der Waals surface area contributed by atoms with Crippen molar-refractivity contribution in [2.24, 2.45) is 0 Å². The van der Waals surface area contributed by atoms with E-state index in [-0.39, 0.29) is 18.6 Å². The number of tetrazole rings is 1. The predicted octanol–water partition coefficient (Wildman–Crippen LogP) is 2.69. The summed E-state index contributed by atoms with van der Waals surface area (Å²) < 4.78 is 7.19. The lowest BCUT2D eigenvalue weighted by molar-refractivity contribution is 0.0949. The summed E-state index contributed by atoms with van der Waals surface area (Å²) in [7, 11) is 0. The highest BCUT2D eigenvalue weighted by Gasteiger charge is 2.11. The molecule has 3 rings (SSSR count). The van der Waals surface area contributed by atoms with Gasteiger partial charge in [-0.05, 0) is 67.6 Å². The first-order valence-electron chi connectivity index (χ1n) is 8.42. The summed E-state index contributed by atoms with van der Waals surface area (Å²) in [6, 6.07) is 14.9. The van der Waals surface area contributed by atoms with E-state index in [4.69, 9.17) is 4.74 Å². The number of carbonyl (C=O) groups is 1. The standard InChI is InChI=1S/C19H21N5O2/c1-13(2)26-17-10-6-15(7-11-17)19(25)20-12-18-21-22-23-24(18)16-8-4-14(3)5-9-16/h4-11,13H,12H2,1-3H3,(H,20,25). The van der Waals surface area contributed by atoms with E-state index < -0.39 is 0 Å². The third-order valence-corrected chi connectivity index (χ3v) is 3.71. The average molecular weight is 351 g/mol. The first kappa shape index (κ1) is 17.6. The summed E-state index contributed by atoms with van der Waals surface area (Å²) in [4.78, 5) is 12.3. The van der Waals surface area contributed by atoms with Crippen LogP contribution in [0.15, 0.2) is 48.5 Å². The number of nitrogens with zero attached hydrogens (tertiary/aromatic N) is 4. The summed E-state index contributed by atoms with van der Waals surface area (Å²) in [5, 5.41) is 14.5. The van der Waals surface area contributed by atoms with Gasteiger partial charge in [0, 0.05) is 5.56 Å². The zero-order chi connectivity index (χ0) is 18.5. The van der Waals surface area contributed by atoms with Crippen LogP contribution in [-0.2, 0) is 6.54 Å². The van der Waals surface area contributed by atoms with Crippen molar-refractivity contribution in [1.82, 2.24) is 25.5 Å². The van der Waals surface area contributed by atoms with E-state index in [1.807, 2.05) is 45.0 Å². The fourth-order valence-electron chi connectivity index (χ4n) is 2.42. The van der Waals surface area contributed by atoms with E-state index in [1.54, 1.807) is 28.9 Å². The molecule has 0 aliphatic carbocycles. The molecule has 0 fully saturated rings. The number of ether oxygens (including phenoxy) is 1. The van der Waals surface area contributed by atoms with Gasteiger partial charge >= 0.3 is 0 Å². The van der Waals surface area contributed by atoms with E-state index in [0.29, 0.717) is 11.4 Å². The Kier molecular flexibility index (Phi) is 5.26. The Morgan fingerprint density at radius 3 is 2.46 bits per heavy atom. The van der Waals surface area contributed by atoms with Crippen molar-refractivity contribution in [1.29, 1.82) is 0 Å². The quantitative estimate of drug-likeness (QED) is 0.738. The number of carbonyl (C=O) groups excluding carboxylic acids is 1. The molecule has 0 saturated carbocycles. The maximum atomic E-state index is 12.3. The first-order chi connectivity index (χ1) is 12.5. The van der Waals surface area contributed by atoms with E-state index in [1.165, 1.54) is 0 Å². The molecule has 3 aromatic rings. The lowest BCUT2D eigenvalue weighted by Crippen LogP contribution is -2.24. The minimum atomic E-state index is -0.195. The summed E-state index contributed by atoms with van der Waals surface area (Å²) in [5.74, 6) is 1.10. The van der Waals surface area contributed by atoms with Crippen LogP contribution < -0.4 is 10.1 Å². The maximum Gasteiger partial charge on any atom is 0.251 e. The van der Waals surface area contributed by atoms with Crippen LogP contribution in [0.4, 0.5) is 0 Å². The van der Waals surface area contributed by atoms with E-state index in [2.05, 4.69) is 20.8 Å². The molecule has 0 aliphatic heterocycles. The fraction of sp³-hybridized carbons (Fsp3) is 0.263. The molecule has 1 heterocycles. The van der Waals surface area contributed by atoms with Gasteiger partial charge < -0.3 is 10.1 Å². The van der Waals surface area contributed by atoms with Crippen LogP contribution in [0.2, 0.25) is 0 Å². The number of hydrogen-bond acceptors (Lipinski definition) is 5. The van der Waals surface area contributed by atoms with Gasteiger partial charge in [-0.25, -0.2) is 0 Å². The van der Waals surface area contributed by atoms with Crippen LogP contribution in [0.5, 0.6) is 5.75 Å². The molecule has 134 valence electrons. The maximum absolute atomic E-state index is 12.3. The smallest absolute Gasteiger partial charge is 0.251 e. The fourth-order valence-corrected chi connectivity index (χ4v) is 2.42. The SMILES string of the molecule is Cc1ccc(-n2nnnc2CNC(=O)c2ccc(OC(C)C)cc2)cc1. The molecule has 0 unspecified atom stereocenters. The van der Waals surface area contributed by atoms with Crippen LogP contribution in [0.25, 0.3) is 5.69 Å². The summed E-state index contributed by atoms with van der Waals surface area (Å²) in [6.07, 6.45) is 0.0929. The molecule has 1 amide bonds. The number of aryl methyl sites for hydroxylation is 1. The summed E-state index contributed by atoms with van der Waals surface area (Å²) in [6.45, 7) is 6.16. The Labute approximate surface area is 152 Å². The van der Waals surface area contributed by atoms with Gasteiger partial charge in [0.1, 0.15) is 5.75 Å². The van der Waals surface area contributed by atoms with Crippen LogP contribution >= 0.6 is 0 Å². The predicted molar refractivity (Wildman–Crippen MR) is 97.3 cm³/mol. The number of hydrogen-bond donors (Lipinski definition) is 1. The van der Waals surface area contributed by atoms with Gasteiger partial charge in [-0.2, -0.15) is 4.68 Å². The second-order valence-electron chi connectivity index (χ2n) is 6.22. The van der Waals surface area contributed by atoms with Gasteiger partial charge in [0.15, 0.2) is 5.82 Å². The Balaban J connectivity index is 1.65. The van der Waals surface area contributed by atoms with E-state index >= 15 is 0 Å². The van der Waals surface area contributed by atoms with Crippen molar-refractivity contribution in [2.75, 3.05) is 0 Å². The Hall–Kier alpha value is -3.22. The van der Waals surface area contributed by atoms with Gasteiger partial charge in [0.25, 0.3) is 5.91 Å². The van der Waals surface area contributed by atoms with Gasteiger partial charge in [-0.3, -0.25) is 4.79 Å². The monoisotopic (exact) mass is 351 g/mol. The zero-order valence-electron chi connectivity index (χ0n) is 15.0. The van der Waals surface area contributed by atoms with Crippen LogP contribution in [0, 0.1) is 6.92 Å². The van der Waals surface area contributed by atoms with Gasteiger partial charge in [-0.1, -0.05) is 17.7 Å². The van der Waals surface area contributed by atoms with Crippen molar-refractivity contribution < 1.29 is 9.53 Å². The molecule has 1 aromatic heterocycles. The van der Waals surface area contributed by atoms with Gasteiger partial charge in [0.05, 0.1) is 18.3 Å². The first-order valence-corrected chi connectivity index (χ1v) is 8.42. The number of rotatable bonds is 6. The number of aromatic nitrogens is 4. The molecule has 1 N–H and O–H groups in total. The Morgan fingerprint density at radius 2 is 1.81 bits per heavy atom. The van der Waals surface area contributed by atoms with Crippen molar-refractivity contribution >= 4 is 5.91 Å². The molecule has 0 radical (unpaired) electrons. The minimum Gasteiger partial charge on any atom is -0.491 e. The highest BCUT2D eigenvalue weighted by atomic mass is 16.5. The second kappa shape index (κ2) is 7.77. The molecule has 0 aliphatic rings. The molecule has 26 heavy (non-hydrogen) atoms. The molecule has 7 heteroatoms. The molecule has 2 aromatic carbocycles. The third kappa shape index (κ3) is 4.24. The zero-order valence-corrected chi connectivity index (χ0v) is 15.0.